The summed E-state index contributed by atoms with van der Waals surface area (Å²) in [6.45, 7) is 1.54. The zero-order valence-electron chi connectivity index (χ0n) is 12.2. The zero-order chi connectivity index (χ0) is 15.1. The van der Waals surface area contributed by atoms with Gasteiger partial charge < -0.3 is 9.84 Å². The van der Waals surface area contributed by atoms with E-state index in [9.17, 15) is 8.78 Å². The number of hydrogen-bond donors (Lipinski definition) is 1. The van der Waals surface area contributed by atoms with E-state index < -0.39 is 13.0 Å². The Morgan fingerprint density at radius 2 is 2.00 bits per heavy atom. The standard InChI is InChI=1S/C16H23F2NO2/c17-16(18)12-21-15-6-4-13(5-7-15)11-19-9-2-1-3-14(19)8-10-20/h4-7,14,16,20H,1-3,8-12H2. The SMILES string of the molecule is OCCC1CCCCN1Cc1ccc(OCC(F)F)cc1. The molecule has 0 saturated carbocycles. The van der Waals surface area contributed by atoms with Crippen molar-refractivity contribution in [2.24, 2.45) is 0 Å². The molecule has 21 heavy (non-hydrogen) atoms. The van der Waals surface area contributed by atoms with E-state index in [4.69, 9.17) is 9.84 Å². The lowest BCUT2D eigenvalue weighted by molar-refractivity contribution is 0.0818. The van der Waals surface area contributed by atoms with E-state index in [1.165, 1.54) is 12.8 Å². The van der Waals surface area contributed by atoms with Crippen LogP contribution in [0, 0.1) is 0 Å². The maximum atomic E-state index is 12.1. The van der Waals surface area contributed by atoms with Crippen molar-refractivity contribution in [1.29, 1.82) is 0 Å². The fraction of sp³-hybridized carbons (Fsp3) is 0.625. The summed E-state index contributed by atoms with van der Waals surface area (Å²) in [5, 5.41) is 9.14. The molecule has 1 fully saturated rings. The zero-order valence-corrected chi connectivity index (χ0v) is 12.2. The molecule has 1 aromatic rings. The first-order valence-electron chi connectivity index (χ1n) is 7.54. The quantitative estimate of drug-likeness (QED) is 0.840. The fourth-order valence-electron chi connectivity index (χ4n) is 2.83. The van der Waals surface area contributed by atoms with E-state index >= 15 is 0 Å². The van der Waals surface area contributed by atoms with Crippen molar-refractivity contribution in [3.8, 4) is 5.75 Å². The van der Waals surface area contributed by atoms with E-state index in [1.807, 2.05) is 12.1 Å². The number of hydrogen-bond acceptors (Lipinski definition) is 3. The molecule has 5 heteroatoms. The molecule has 2 rings (SSSR count). The molecule has 0 bridgehead atoms. The summed E-state index contributed by atoms with van der Waals surface area (Å²) in [6.07, 6.45) is 1.92. The minimum atomic E-state index is -2.45. The van der Waals surface area contributed by atoms with Crippen molar-refractivity contribution in [3.63, 3.8) is 0 Å². The van der Waals surface area contributed by atoms with Gasteiger partial charge in [0.25, 0.3) is 6.43 Å². The van der Waals surface area contributed by atoms with Crippen LogP contribution in [0.15, 0.2) is 24.3 Å². The van der Waals surface area contributed by atoms with Gasteiger partial charge in [0.15, 0.2) is 0 Å². The number of alkyl halides is 2. The van der Waals surface area contributed by atoms with Gasteiger partial charge in [0.2, 0.25) is 0 Å². The summed E-state index contributed by atoms with van der Waals surface area (Å²) in [6, 6.07) is 7.76. The second kappa shape index (κ2) is 8.29. The Hall–Kier alpha value is -1.20. The maximum absolute atomic E-state index is 12.1. The highest BCUT2D eigenvalue weighted by atomic mass is 19.3. The van der Waals surface area contributed by atoms with Gasteiger partial charge in [0, 0.05) is 19.2 Å². The van der Waals surface area contributed by atoms with E-state index in [2.05, 4.69) is 4.90 Å². The molecule has 1 saturated heterocycles. The van der Waals surface area contributed by atoms with Gasteiger partial charge in [-0.2, -0.15) is 0 Å². The number of nitrogens with zero attached hydrogens (tertiary/aromatic N) is 1. The van der Waals surface area contributed by atoms with E-state index in [0.717, 1.165) is 31.5 Å². The Labute approximate surface area is 124 Å². The molecule has 1 aliphatic heterocycles. The largest absolute Gasteiger partial charge is 0.488 e. The van der Waals surface area contributed by atoms with Crippen LogP contribution in [-0.2, 0) is 6.54 Å². The minimum Gasteiger partial charge on any atom is -0.488 e. The van der Waals surface area contributed by atoms with Gasteiger partial charge in [-0.25, -0.2) is 8.78 Å². The molecule has 118 valence electrons. The average Bonchev–Trinajstić information content (AvgIpc) is 2.49. The molecule has 0 aliphatic carbocycles. The smallest absolute Gasteiger partial charge is 0.272 e. The van der Waals surface area contributed by atoms with Crippen molar-refractivity contribution in [2.45, 2.75) is 44.7 Å². The van der Waals surface area contributed by atoms with Crippen molar-refractivity contribution in [3.05, 3.63) is 29.8 Å². The van der Waals surface area contributed by atoms with E-state index in [1.54, 1.807) is 12.1 Å². The minimum absolute atomic E-state index is 0.224. The number of aliphatic hydroxyl groups excluding tert-OH is 1. The Kier molecular flexibility index (Phi) is 6.39. The number of aliphatic hydroxyl groups is 1. The second-order valence-electron chi connectivity index (χ2n) is 5.48. The van der Waals surface area contributed by atoms with Crippen LogP contribution < -0.4 is 4.74 Å². The van der Waals surface area contributed by atoms with Crippen molar-refractivity contribution in [1.82, 2.24) is 4.90 Å². The third-order valence-corrected chi connectivity index (χ3v) is 3.90. The number of rotatable bonds is 7. The molecule has 3 nitrogen and oxygen atoms in total. The van der Waals surface area contributed by atoms with Crippen molar-refractivity contribution < 1.29 is 18.6 Å². The lowest BCUT2D eigenvalue weighted by Gasteiger charge is -2.35. The summed E-state index contributed by atoms with van der Waals surface area (Å²) in [4.78, 5) is 2.40. The first-order valence-corrected chi connectivity index (χ1v) is 7.54. The summed E-state index contributed by atoms with van der Waals surface area (Å²) < 4.78 is 29.1. The predicted molar refractivity (Wildman–Crippen MR) is 77.7 cm³/mol. The van der Waals surface area contributed by atoms with Gasteiger partial charge in [-0.05, 0) is 43.5 Å². The van der Waals surface area contributed by atoms with Crippen LogP contribution in [0.2, 0.25) is 0 Å². The Morgan fingerprint density at radius 3 is 2.67 bits per heavy atom. The first-order chi connectivity index (χ1) is 10.2. The number of benzene rings is 1. The van der Waals surface area contributed by atoms with Gasteiger partial charge in [-0.3, -0.25) is 4.90 Å². The monoisotopic (exact) mass is 299 g/mol. The van der Waals surface area contributed by atoms with Crippen LogP contribution in [0.4, 0.5) is 8.78 Å². The highest BCUT2D eigenvalue weighted by Gasteiger charge is 2.21. The summed E-state index contributed by atoms with van der Waals surface area (Å²) in [5.74, 6) is 0.476. The van der Waals surface area contributed by atoms with Gasteiger partial charge in [-0.1, -0.05) is 18.6 Å². The molecule has 1 unspecified atom stereocenters. The Balaban J connectivity index is 1.89. The van der Waals surface area contributed by atoms with Crippen LogP contribution >= 0.6 is 0 Å². The molecule has 1 aromatic carbocycles. The van der Waals surface area contributed by atoms with Crippen LogP contribution in [0.5, 0.6) is 5.75 Å². The maximum Gasteiger partial charge on any atom is 0.272 e. The van der Waals surface area contributed by atoms with Crippen molar-refractivity contribution in [2.75, 3.05) is 19.8 Å². The molecule has 0 radical (unpaired) electrons. The third kappa shape index (κ3) is 5.25. The number of likely N-dealkylation sites (tertiary alicyclic amines) is 1. The lowest BCUT2D eigenvalue weighted by Crippen LogP contribution is -2.39. The summed E-state index contributed by atoms with van der Waals surface area (Å²) >= 11 is 0. The van der Waals surface area contributed by atoms with Gasteiger partial charge in [0.05, 0.1) is 0 Å². The number of ether oxygens (including phenoxy) is 1. The Morgan fingerprint density at radius 1 is 1.24 bits per heavy atom. The topological polar surface area (TPSA) is 32.7 Å². The predicted octanol–water partition coefficient (Wildman–Crippen LogP) is 3.07. The molecule has 1 N–H and O–H groups in total. The molecule has 1 aliphatic rings. The molecular formula is C16H23F2NO2. The second-order valence-corrected chi connectivity index (χ2v) is 5.48. The fourth-order valence-corrected chi connectivity index (χ4v) is 2.83. The highest BCUT2D eigenvalue weighted by Crippen LogP contribution is 2.22. The van der Waals surface area contributed by atoms with E-state index in [-0.39, 0.29) is 6.61 Å². The van der Waals surface area contributed by atoms with Gasteiger partial charge >= 0.3 is 0 Å². The lowest BCUT2D eigenvalue weighted by atomic mass is 9.99. The summed E-state index contributed by atoms with van der Waals surface area (Å²) in [7, 11) is 0. The molecule has 0 aromatic heterocycles. The first kappa shape index (κ1) is 16.2. The van der Waals surface area contributed by atoms with Crippen molar-refractivity contribution >= 4 is 0 Å². The normalized spacial score (nSPS) is 19.9. The number of piperidine rings is 1. The molecule has 0 amide bonds. The highest BCUT2D eigenvalue weighted by molar-refractivity contribution is 5.27. The molecule has 1 heterocycles. The van der Waals surface area contributed by atoms with Crippen LogP contribution in [-0.4, -0.2) is 42.2 Å². The average molecular weight is 299 g/mol. The molecule has 0 spiro atoms. The van der Waals surface area contributed by atoms with Crippen LogP contribution in [0.1, 0.15) is 31.2 Å². The van der Waals surface area contributed by atoms with Crippen LogP contribution in [0.3, 0.4) is 0 Å². The summed E-state index contributed by atoms with van der Waals surface area (Å²) in [5.41, 5.74) is 1.14. The van der Waals surface area contributed by atoms with Gasteiger partial charge in [-0.15, -0.1) is 0 Å². The Bertz CT molecular complexity index is 409. The molecule has 1 atom stereocenters. The third-order valence-electron chi connectivity index (χ3n) is 3.90. The molecular weight excluding hydrogens is 276 g/mol. The van der Waals surface area contributed by atoms with Gasteiger partial charge in [0.1, 0.15) is 12.4 Å². The van der Waals surface area contributed by atoms with Crippen LogP contribution in [0.25, 0.3) is 0 Å². The van der Waals surface area contributed by atoms with E-state index in [0.29, 0.717) is 11.8 Å². The number of halogens is 2.